The molecule has 0 aromatic carbocycles. The Balaban J connectivity index is 1.95. The Bertz CT molecular complexity index is 198. The molecule has 1 N–H and O–H groups in total. The van der Waals surface area contributed by atoms with Gasteiger partial charge in [0.05, 0.1) is 5.92 Å². The van der Waals surface area contributed by atoms with Crippen LogP contribution in [0.2, 0.25) is 0 Å². The number of hydrogen-bond acceptors (Lipinski definition) is 1. The molecule has 0 amide bonds. The molecule has 14 heavy (non-hydrogen) atoms. The van der Waals surface area contributed by atoms with Crippen molar-refractivity contribution in [3.8, 4) is 0 Å². The van der Waals surface area contributed by atoms with Crippen LogP contribution in [0.3, 0.4) is 0 Å². The second-order valence-electron chi connectivity index (χ2n) is 4.48. The predicted octanol–water partition coefficient (Wildman–Crippen LogP) is 2.86. The van der Waals surface area contributed by atoms with Gasteiger partial charge < -0.3 is 5.32 Å². The quantitative estimate of drug-likeness (QED) is 0.734. The molecular formula is C10H16F3N. The summed E-state index contributed by atoms with van der Waals surface area (Å²) in [6.07, 6.45) is 0.785. The van der Waals surface area contributed by atoms with E-state index in [1.165, 1.54) is 0 Å². The van der Waals surface area contributed by atoms with E-state index >= 15 is 0 Å². The molecule has 2 unspecified atom stereocenters. The highest BCUT2D eigenvalue weighted by atomic mass is 19.4. The lowest BCUT2D eigenvalue weighted by atomic mass is 9.84. The summed E-state index contributed by atoms with van der Waals surface area (Å²) in [7, 11) is 0. The van der Waals surface area contributed by atoms with Crippen molar-refractivity contribution in [3.63, 3.8) is 0 Å². The van der Waals surface area contributed by atoms with Gasteiger partial charge >= 0.3 is 6.18 Å². The summed E-state index contributed by atoms with van der Waals surface area (Å²) in [4.78, 5) is 0. The van der Waals surface area contributed by atoms with Crippen LogP contribution in [-0.4, -0.2) is 18.3 Å². The molecule has 0 radical (unpaired) electrons. The number of hydrogen-bond donors (Lipinski definition) is 1. The van der Waals surface area contributed by atoms with Gasteiger partial charge in [0.1, 0.15) is 0 Å². The third-order valence-corrected chi connectivity index (χ3v) is 3.21. The largest absolute Gasteiger partial charge is 0.393 e. The monoisotopic (exact) mass is 207 g/mol. The lowest BCUT2D eigenvalue weighted by Crippen LogP contribution is -2.46. The molecule has 2 saturated carbocycles. The van der Waals surface area contributed by atoms with Crippen LogP contribution in [-0.2, 0) is 0 Å². The smallest absolute Gasteiger partial charge is 0.311 e. The van der Waals surface area contributed by atoms with Crippen LogP contribution in [0.15, 0.2) is 0 Å². The number of nitrogens with one attached hydrogen (secondary N) is 1. The molecule has 0 aromatic rings. The van der Waals surface area contributed by atoms with Gasteiger partial charge in [-0.15, -0.1) is 0 Å². The fourth-order valence-electron chi connectivity index (χ4n) is 2.27. The molecule has 2 rings (SSSR count). The first-order valence-corrected chi connectivity index (χ1v) is 5.40. The van der Waals surface area contributed by atoms with Crippen LogP contribution in [0.1, 0.15) is 38.5 Å². The molecule has 0 aliphatic heterocycles. The van der Waals surface area contributed by atoms with Crippen molar-refractivity contribution in [2.24, 2.45) is 5.92 Å². The van der Waals surface area contributed by atoms with E-state index in [0.29, 0.717) is 18.9 Å². The highest BCUT2D eigenvalue weighted by molar-refractivity contribution is 4.91. The normalized spacial score (nSPS) is 34.5. The minimum atomic E-state index is -4.01. The van der Waals surface area contributed by atoms with Gasteiger partial charge in [0, 0.05) is 12.1 Å². The Morgan fingerprint density at radius 3 is 2.14 bits per heavy atom. The molecule has 82 valence electrons. The molecule has 2 atom stereocenters. The minimum absolute atomic E-state index is 0.309. The number of alkyl halides is 3. The lowest BCUT2D eigenvalue weighted by molar-refractivity contribution is -0.189. The molecular weight excluding hydrogens is 191 g/mol. The average Bonchev–Trinajstić information content (AvgIpc) is 2.87. The van der Waals surface area contributed by atoms with Crippen LogP contribution < -0.4 is 5.32 Å². The van der Waals surface area contributed by atoms with Crippen molar-refractivity contribution in [1.82, 2.24) is 5.32 Å². The van der Waals surface area contributed by atoms with Gasteiger partial charge in [-0.1, -0.05) is 12.8 Å². The van der Waals surface area contributed by atoms with E-state index in [4.69, 9.17) is 0 Å². The Morgan fingerprint density at radius 2 is 1.57 bits per heavy atom. The van der Waals surface area contributed by atoms with E-state index < -0.39 is 12.1 Å². The van der Waals surface area contributed by atoms with Crippen LogP contribution in [0.5, 0.6) is 0 Å². The molecule has 0 saturated heterocycles. The zero-order valence-electron chi connectivity index (χ0n) is 8.11. The topological polar surface area (TPSA) is 12.0 Å². The zero-order valence-corrected chi connectivity index (χ0v) is 8.11. The summed E-state index contributed by atoms with van der Waals surface area (Å²) in [6, 6.07) is 0.0687. The van der Waals surface area contributed by atoms with Gasteiger partial charge in [-0.05, 0) is 25.7 Å². The van der Waals surface area contributed by atoms with Gasteiger partial charge in [0.25, 0.3) is 0 Å². The first-order chi connectivity index (χ1) is 6.57. The van der Waals surface area contributed by atoms with Gasteiger partial charge in [0.2, 0.25) is 0 Å². The van der Waals surface area contributed by atoms with E-state index in [1.807, 2.05) is 0 Å². The standard InChI is InChI=1S/C10H16F3N/c11-10(12,13)8-3-1-2-4-9(8)14-7-5-6-7/h7-9,14H,1-6H2. The fraction of sp³-hybridized carbons (Fsp3) is 1.00. The predicted molar refractivity (Wildman–Crippen MR) is 48.0 cm³/mol. The summed E-state index contributed by atoms with van der Waals surface area (Å²) in [5.41, 5.74) is 0. The van der Waals surface area contributed by atoms with Gasteiger partial charge in [0.15, 0.2) is 0 Å². The minimum Gasteiger partial charge on any atom is -0.311 e. The maximum absolute atomic E-state index is 12.6. The van der Waals surface area contributed by atoms with Crippen molar-refractivity contribution in [3.05, 3.63) is 0 Å². The van der Waals surface area contributed by atoms with Crippen LogP contribution >= 0.6 is 0 Å². The SMILES string of the molecule is FC(F)(F)C1CCCCC1NC1CC1. The highest BCUT2D eigenvalue weighted by Gasteiger charge is 2.46. The Morgan fingerprint density at radius 1 is 0.929 bits per heavy atom. The van der Waals surface area contributed by atoms with Crippen molar-refractivity contribution in [2.75, 3.05) is 0 Å². The van der Waals surface area contributed by atoms with Crippen molar-refractivity contribution in [2.45, 2.75) is 56.8 Å². The van der Waals surface area contributed by atoms with Crippen molar-refractivity contribution >= 4 is 0 Å². The molecule has 2 aliphatic rings. The summed E-state index contributed by atoms with van der Waals surface area (Å²) in [5.74, 6) is -1.10. The number of halogens is 3. The molecule has 1 nitrogen and oxygen atoms in total. The van der Waals surface area contributed by atoms with Crippen molar-refractivity contribution in [1.29, 1.82) is 0 Å². The van der Waals surface area contributed by atoms with Gasteiger partial charge in [-0.25, -0.2) is 0 Å². The molecule has 4 heteroatoms. The molecule has 2 aliphatic carbocycles. The summed E-state index contributed by atoms with van der Waals surface area (Å²) in [5, 5.41) is 3.13. The third kappa shape index (κ3) is 2.41. The van der Waals surface area contributed by atoms with E-state index in [1.54, 1.807) is 0 Å². The van der Waals surface area contributed by atoms with E-state index in [-0.39, 0.29) is 6.04 Å². The first kappa shape index (κ1) is 10.3. The molecule has 0 aromatic heterocycles. The van der Waals surface area contributed by atoms with Crippen molar-refractivity contribution < 1.29 is 13.2 Å². The van der Waals surface area contributed by atoms with E-state index in [2.05, 4.69) is 5.32 Å². The molecule has 0 spiro atoms. The molecule has 0 heterocycles. The van der Waals surface area contributed by atoms with Crippen LogP contribution in [0.4, 0.5) is 13.2 Å². The van der Waals surface area contributed by atoms with Gasteiger partial charge in [-0.2, -0.15) is 13.2 Å². The summed E-state index contributed by atoms with van der Waals surface area (Å²) in [6.45, 7) is 0. The van der Waals surface area contributed by atoms with E-state index in [0.717, 1.165) is 25.7 Å². The lowest BCUT2D eigenvalue weighted by Gasteiger charge is -2.33. The molecule has 2 fully saturated rings. The summed E-state index contributed by atoms with van der Waals surface area (Å²) < 4.78 is 37.9. The van der Waals surface area contributed by atoms with Crippen LogP contribution in [0, 0.1) is 5.92 Å². The van der Waals surface area contributed by atoms with Crippen LogP contribution in [0.25, 0.3) is 0 Å². The third-order valence-electron chi connectivity index (χ3n) is 3.21. The zero-order chi connectivity index (χ0) is 10.2. The average molecular weight is 207 g/mol. The first-order valence-electron chi connectivity index (χ1n) is 5.40. The second kappa shape index (κ2) is 3.72. The highest BCUT2D eigenvalue weighted by Crippen LogP contribution is 2.38. The number of rotatable bonds is 2. The maximum atomic E-state index is 12.6. The Labute approximate surface area is 82.1 Å². The maximum Gasteiger partial charge on any atom is 0.393 e. The van der Waals surface area contributed by atoms with Gasteiger partial charge in [-0.3, -0.25) is 0 Å². The fourth-order valence-corrected chi connectivity index (χ4v) is 2.27. The Hall–Kier alpha value is -0.250. The second-order valence-corrected chi connectivity index (χ2v) is 4.48. The summed E-state index contributed by atoms with van der Waals surface area (Å²) >= 11 is 0. The molecule has 0 bridgehead atoms. The van der Waals surface area contributed by atoms with E-state index in [9.17, 15) is 13.2 Å². The Kier molecular flexibility index (Phi) is 2.73.